The SMILES string of the molecule is CC(=O)OC[C@]12[C@H](OC(C)=O)[C@H](OC(C)=O)[C@@H]3[C@@H](OC(C)=O)[C@@]14O[C@@]3(C)COC(=O)c1cnccc1[C@@H](C)[C@@](C)(O)C(=O)O[C@@H]([C@H](OC(=O)c1ccoc1)[C@@H]2OC(C)=O)C4(C)O. The molecule has 2 aromatic heterocycles. The molecule has 0 radical (unpaired) electrons. The molecule has 4 heterocycles. The van der Waals surface area contributed by atoms with Crippen molar-refractivity contribution in [2.75, 3.05) is 13.2 Å². The molecular formula is C41H47NO20. The highest BCUT2D eigenvalue weighted by atomic mass is 16.7. The van der Waals surface area contributed by atoms with Gasteiger partial charge in [-0.3, -0.25) is 29.0 Å². The quantitative estimate of drug-likeness (QED) is 0.277. The Balaban J connectivity index is 1.81. The van der Waals surface area contributed by atoms with Gasteiger partial charge in [0, 0.05) is 52.9 Å². The minimum atomic E-state index is -3.01. The Morgan fingerprint density at radius 3 is 1.97 bits per heavy atom. The maximum absolute atomic E-state index is 14.6. The molecule has 4 bridgehead atoms. The summed E-state index contributed by atoms with van der Waals surface area (Å²) in [6.07, 6.45) is -8.39. The number of furan rings is 1. The second kappa shape index (κ2) is 16.1. The highest BCUT2D eigenvalue weighted by Crippen LogP contribution is 2.70. The lowest BCUT2D eigenvalue weighted by atomic mass is 9.45. The zero-order valence-corrected chi connectivity index (χ0v) is 35.2. The van der Waals surface area contributed by atoms with Crippen LogP contribution in [-0.4, -0.2) is 135 Å². The van der Waals surface area contributed by atoms with Crippen molar-refractivity contribution in [2.24, 2.45) is 11.3 Å². The van der Waals surface area contributed by atoms with Gasteiger partial charge in [-0.1, -0.05) is 6.92 Å². The number of cyclic esters (lactones) is 1. The number of hydrogen-bond acceptors (Lipinski definition) is 21. The molecule has 3 fully saturated rings. The standard InChI is InChI=1S/C41H47NO20/c1-18-25-10-12-42-14-26(25)35(49)55-16-37(7)27-28(56-20(3)44)32(58-22(5)46)40(17-54-19(2)43)33(59-23(6)47)29(60-34(48)24-11-13-53-15-24)31(61-36(50)38(18,8)51)39(9,52)41(40,62-37)30(27)57-21(4)45/h10-15,18,27-33,51-52H,16-17H2,1-9H3/t18-,27-,28-,29+,30-,31+,32-,33+,37+,38-,39?,40-,41+/m1/s1. The Kier molecular flexibility index (Phi) is 11.8. The first-order valence-corrected chi connectivity index (χ1v) is 19.4. The van der Waals surface area contributed by atoms with Crippen LogP contribution in [0.1, 0.15) is 94.5 Å². The van der Waals surface area contributed by atoms with Crippen molar-refractivity contribution >= 4 is 47.8 Å². The van der Waals surface area contributed by atoms with E-state index >= 15 is 0 Å². The molecule has 0 aromatic carbocycles. The first kappa shape index (κ1) is 45.6. The Bertz CT molecular complexity index is 2170. The lowest BCUT2D eigenvalue weighted by molar-refractivity contribution is -0.386. The van der Waals surface area contributed by atoms with Gasteiger partial charge in [-0.15, -0.1) is 0 Å². The van der Waals surface area contributed by atoms with Crippen LogP contribution in [0, 0.1) is 11.3 Å². The normalized spacial score (nSPS) is 37.3. The number of carbonyl (C=O) groups excluding carboxylic acids is 8. The highest BCUT2D eigenvalue weighted by molar-refractivity contribution is 5.92. The zero-order chi connectivity index (χ0) is 45.9. The molecule has 1 unspecified atom stereocenters. The lowest BCUT2D eigenvalue weighted by Gasteiger charge is -2.67. The fraction of sp³-hybridized carbons (Fsp3) is 0.585. The van der Waals surface area contributed by atoms with Crippen LogP contribution in [0.15, 0.2) is 41.5 Å². The van der Waals surface area contributed by atoms with E-state index in [1.54, 1.807) is 0 Å². The van der Waals surface area contributed by atoms with Gasteiger partial charge in [0.25, 0.3) is 0 Å². The van der Waals surface area contributed by atoms with E-state index in [1.807, 2.05) is 0 Å². The molecular weight excluding hydrogens is 826 g/mol. The van der Waals surface area contributed by atoms with Gasteiger partial charge >= 0.3 is 47.8 Å². The van der Waals surface area contributed by atoms with Crippen LogP contribution in [0.5, 0.6) is 0 Å². The molecule has 62 heavy (non-hydrogen) atoms. The van der Waals surface area contributed by atoms with Gasteiger partial charge in [-0.2, -0.15) is 0 Å². The van der Waals surface area contributed by atoms with Crippen molar-refractivity contribution in [3.05, 3.63) is 53.7 Å². The summed E-state index contributed by atoms with van der Waals surface area (Å²) in [5.74, 6) is -12.1. The van der Waals surface area contributed by atoms with E-state index in [4.69, 9.17) is 47.0 Å². The Morgan fingerprint density at radius 1 is 0.806 bits per heavy atom. The minimum Gasteiger partial charge on any atom is -0.472 e. The summed E-state index contributed by atoms with van der Waals surface area (Å²) in [5, 5.41) is 25.7. The molecule has 0 amide bonds. The maximum atomic E-state index is 14.6. The molecule has 4 aliphatic rings. The number of aliphatic hydroxyl groups is 2. The van der Waals surface area contributed by atoms with E-state index in [0.717, 1.165) is 67.2 Å². The molecule has 21 heteroatoms. The molecule has 13 atom stereocenters. The number of esters is 8. The van der Waals surface area contributed by atoms with E-state index in [9.17, 15) is 48.6 Å². The first-order valence-electron chi connectivity index (χ1n) is 19.4. The van der Waals surface area contributed by atoms with E-state index in [1.165, 1.54) is 32.2 Å². The van der Waals surface area contributed by atoms with Crippen molar-refractivity contribution in [1.82, 2.24) is 4.98 Å². The molecule has 21 nitrogen and oxygen atoms in total. The van der Waals surface area contributed by atoms with Crippen LogP contribution in [-0.2, 0) is 71.4 Å². The Hall–Kier alpha value is -5.93. The topological polar surface area (TPSA) is 286 Å². The average molecular weight is 874 g/mol. The number of pyridine rings is 1. The van der Waals surface area contributed by atoms with Crippen LogP contribution in [0.2, 0.25) is 0 Å². The van der Waals surface area contributed by atoms with Crippen LogP contribution in [0.25, 0.3) is 0 Å². The second-order valence-corrected chi connectivity index (χ2v) is 16.4. The lowest BCUT2D eigenvalue weighted by Crippen LogP contribution is -2.89. The maximum Gasteiger partial charge on any atom is 0.341 e. The van der Waals surface area contributed by atoms with Crippen LogP contribution < -0.4 is 0 Å². The largest absolute Gasteiger partial charge is 0.472 e. The van der Waals surface area contributed by atoms with Crippen molar-refractivity contribution < 1.29 is 95.6 Å². The third-order valence-electron chi connectivity index (χ3n) is 12.3. The van der Waals surface area contributed by atoms with Crippen LogP contribution >= 0.6 is 0 Å². The fourth-order valence-electron chi connectivity index (χ4n) is 9.67. The van der Waals surface area contributed by atoms with Crippen molar-refractivity contribution in [1.29, 1.82) is 0 Å². The number of fused-ring (bicyclic) bond motifs is 5. The molecule has 2 N–H and O–H groups in total. The van der Waals surface area contributed by atoms with Gasteiger partial charge < -0.3 is 57.3 Å². The van der Waals surface area contributed by atoms with Gasteiger partial charge in [0.05, 0.1) is 23.3 Å². The minimum absolute atomic E-state index is 0.0405. The molecule has 2 aliphatic heterocycles. The van der Waals surface area contributed by atoms with E-state index in [0.29, 0.717) is 0 Å². The highest BCUT2D eigenvalue weighted by Gasteiger charge is 2.92. The summed E-state index contributed by atoms with van der Waals surface area (Å²) in [6.45, 7) is 7.57. The van der Waals surface area contributed by atoms with Gasteiger partial charge in [-0.05, 0) is 38.5 Å². The second-order valence-electron chi connectivity index (χ2n) is 16.4. The number of ether oxygens (including phenoxy) is 9. The van der Waals surface area contributed by atoms with Crippen molar-refractivity contribution in [2.45, 2.75) is 127 Å². The predicted octanol–water partition coefficient (Wildman–Crippen LogP) is 1.04. The molecule has 2 saturated carbocycles. The molecule has 2 aromatic rings. The zero-order valence-electron chi connectivity index (χ0n) is 35.2. The summed E-state index contributed by atoms with van der Waals surface area (Å²) >= 11 is 0. The number of carbonyl (C=O) groups is 8. The number of hydrogen-bond donors (Lipinski definition) is 2. The van der Waals surface area contributed by atoms with E-state index in [2.05, 4.69) is 4.98 Å². The number of rotatable bonds is 8. The number of nitrogens with zero attached hydrogens (tertiary/aromatic N) is 1. The molecule has 2 aliphatic carbocycles. The van der Waals surface area contributed by atoms with Crippen LogP contribution in [0.4, 0.5) is 0 Å². The van der Waals surface area contributed by atoms with Gasteiger partial charge in [0.1, 0.15) is 48.3 Å². The molecule has 336 valence electrons. The molecule has 1 saturated heterocycles. The summed E-state index contributed by atoms with van der Waals surface area (Å²) in [4.78, 5) is 113. The summed E-state index contributed by atoms with van der Waals surface area (Å²) in [5.41, 5.74) is -13.8. The summed E-state index contributed by atoms with van der Waals surface area (Å²) in [6, 6.07) is 2.53. The van der Waals surface area contributed by atoms with Crippen molar-refractivity contribution in [3.8, 4) is 0 Å². The monoisotopic (exact) mass is 873 g/mol. The smallest absolute Gasteiger partial charge is 0.341 e. The third kappa shape index (κ3) is 7.14. The van der Waals surface area contributed by atoms with Crippen molar-refractivity contribution in [3.63, 3.8) is 0 Å². The predicted molar refractivity (Wildman–Crippen MR) is 199 cm³/mol. The molecule has 1 spiro atoms. The van der Waals surface area contributed by atoms with Crippen LogP contribution in [0.3, 0.4) is 0 Å². The van der Waals surface area contributed by atoms with Gasteiger partial charge in [-0.25, -0.2) is 14.4 Å². The Morgan fingerprint density at radius 2 is 1.40 bits per heavy atom. The molecule has 6 rings (SSSR count). The number of aromatic nitrogens is 1. The summed E-state index contributed by atoms with van der Waals surface area (Å²) < 4.78 is 59.7. The average Bonchev–Trinajstić information content (AvgIpc) is 3.79. The summed E-state index contributed by atoms with van der Waals surface area (Å²) in [7, 11) is 0. The van der Waals surface area contributed by atoms with Gasteiger partial charge in [0.2, 0.25) is 0 Å². The first-order chi connectivity index (χ1) is 28.9. The fourth-order valence-corrected chi connectivity index (χ4v) is 9.67. The third-order valence-corrected chi connectivity index (χ3v) is 12.3. The van der Waals surface area contributed by atoms with E-state index in [-0.39, 0.29) is 16.7 Å². The Labute approximate surface area is 353 Å². The van der Waals surface area contributed by atoms with E-state index < -0.39 is 137 Å². The van der Waals surface area contributed by atoms with Gasteiger partial charge in [0.15, 0.2) is 35.6 Å².